The van der Waals surface area contributed by atoms with Crippen LogP contribution in [0.15, 0.2) is 36.6 Å². The summed E-state index contributed by atoms with van der Waals surface area (Å²) in [5.74, 6) is -0.538. The molecule has 15 heavy (non-hydrogen) atoms. The van der Waals surface area contributed by atoms with Gasteiger partial charge in [0.25, 0.3) is 5.69 Å². The quantitative estimate of drug-likeness (QED) is 0.141. The van der Waals surface area contributed by atoms with Gasteiger partial charge in [0.2, 0.25) is 0 Å². The van der Waals surface area contributed by atoms with Crippen LogP contribution < -0.4 is 34.7 Å². The zero-order chi connectivity index (χ0) is 10.6. The number of nitro benzene ring substituents is 1. The molecule has 5 nitrogen and oxygen atoms in total. The third kappa shape index (κ3) is 3.83. The van der Waals surface area contributed by atoms with Gasteiger partial charge in [-0.25, -0.2) is 0 Å². The Hall–Kier alpha value is -1.17. The fourth-order valence-electron chi connectivity index (χ4n) is 0.931. The first-order chi connectivity index (χ1) is 6.65. The van der Waals surface area contributed by atoms with E-state index in [2.05, 4.69) is 0 Å². The van der Waals surface area contributed by atoms with Gasteiger partial charge in [0.1, 0.15) is 0 Å². The van der Waals surface area contributed by atoms with Crippen LogP contribution in [0.5, 0.6) is 0 Å². The molecule has 6 heteroatoms. The SMILES string of the molecule is O=C(C=C[O-])c1cccc([N+](=O)[O-])c1.[Na+]. The van der Waals surface area contributed by atoms with Crippen molar-refractivity contribution in [1.29, 1.82) is 0 Å². The predicted molar refractivity (Wildman–Crippen MR) is 46.6 cm³/mol. The summed E-state index contributed by atoms with van der Waals surface area (Å²) in [6.07, 6.45) is 1.17. The van der Waals surface area contributed by atoms with E-state index in [1.165, 1.54) is 18.2 Å². The molecule has 1 aromatic carbocycles. The Bertz CT molecular complexity index is 403. The van der Waals surface area contributed by atoms with Gasteiger partial charge in [0.05, 0.1) is 4.92 Å². The van der Waals surface area contributed by atoms with Gasteiger partial charge in [0, 0.05) is 17.7 Å². The maximum Gasteiger partial charge on any atom is 1.00 e. The number of nitrogens with zero attached hydrogens (tertiary/aromatic N) is 1. The van der Waals surface area contributed by atoms with Crippen molar-refractivity contribution >= 4 is 11.5 Å². The molecule has 0 N–H and O–H groups in total. The summed E-state index contributed by atoms with van der Waals surface area (Å²) < 4.78 is 0. The number of allylic oxidation sites excluding steroid dienone is 1. The van der Waals surface area contributed by atoms with Gasteiger partial charge in [0.15, 0.2) is 5.78 Å². The molecule has 0 aromatic heterocycles. The number of hydrogen-bond donors (Lipinski definition) is 0. The van der Waals surface area contributed by atoms with Crippen LogP contribution in [0.3, 0.4) is 0 Å². The van der Waals surface area contributed by atoms with E-state index in [-0.39, 0.29) is 40.8 Å². The number of carbonyl (C=O) groups excluding carboxylic acids is 1. The Kier molecular flexibility index (Phi) is 5.84. The third-order valence-corrected chi connectivity index (χ3v) is 1.56. The Morgan fingerprint density at radius 1 is 1.40 bits per heavy atom. The second-order valence-electron chi connectivity index (χ2n) is 2.47. The largest absolute Gasteiger partial charge is 1.00 e. The van der Waals surface area contributed by atoms with Crippen LogP contribution in [0.4, 0.5) is 5.69 Å². The van der Waals surface area contributed by atoms with Crippen molar-refractivity contribution in [3.05, 3.63) is 52.3 Å². The molecule has 0 aliphatic heterocycles. The molecule has 0 radical (unpaired) electrons. The Morgan fingerprint density at radius 2 is 2.07 bits per heavy atom. The zero-order valence-electron chi connectivity index (χ0n) is 8.04. The predicted octanol–water partition coefficient (Wildman–Crippen LogP) is -2.34. The first kappa shape index (κ1) is 13.8. The molecule has 0 amide bonds. The summed E-state index contributed by atoms with van der Waals surface area (Å²) in [7, 11) is 0. The van der Waals surface area contributed by atoms with Gasteiger partial charge in [-0.1, -0.05) is 12.1 Å². The molecule has 0 bridgehead atoms. The standard InChI is InChI=1S/C9H7NO4.Na/c11-5-4-9(12)7-2-1-3-8(6-7)10(13)14;/h1-6,11H;/q;+1/p-1. The first-order valence-electron chi connectivity index (χ1n) is 3.72. The monoisotopic (exact) mass is 215 g/mol. The van der Waals surface area contributed by atoms with E-state index in [0.29, 0.717) is 6.26 Å². The first-order valence-corrected chi connectivity index (χ1v) is 3.72. The number of carbonyl (C=O) groups is 1. The Labute approximate surface area is 108 Å². The fourth-order valence-corrected chi connectivity index (χ4v) is 0.931. The molecule has 0 fully saturated rings. The van der Waals surface area contributed by atoms with Crippen LogP contribution >= 0.6 is 0 Å². The van der Waals surface area contributed by atoms with Crippen molar-refractivity contribution in [3.8, 4) is 0 Å². The Balaban J connectivity index is 0.00000196. The fraction of sp³-hybridized carbons (Fsp3) is 0. The summed E-state index contributed by atoms with van der Waals surface area (Å²) in [6.45, 7) is 0. The van der Waals surface area contributed by atoms with E-state index in [0.717, 1.165) is 12.1 Å². The smallest absolute Gasteiger partial charge is 0.878 e. The molecule has 0 heterocycles. The number of non-ortho nitro benzene ring substituents is 1. The number of nitro groups is 1. The molecule has 0 atom stereocenters. The van der Waals surface area contributed by atoms with Gasteiger partial charge in [-0.05, 0) is 6.08 Å². The maximum absolute atomic E-state index is 11.1. The van der Waals surface area contributed by atoms with Crippen molar-refractivity contribution in [2.75, 3.05) is 0 Å². The van der Waals surface area contributed by atoms with Gasteiger partial charge in [-0.3, -0.25) is 14.9 Å². The van der Waals surface area contributed by atoms with Crippen LogP contribution in [-0.2, 0) is 0 Å². The number of rotatable bonds is 3. The zero-order valence-corrected chi connectivity index (χ0v) is 10.0. The van der Waals surface area contributed by atoms with Gasteiger partial charge in [-0.15, -0.1) is 6.26 Å². The summed E-state index contributed by atoms with van der Waals surface area (Å²) >= 11 is 0. The molecular weight excluding hydrogens is 209 g/mol. The minimum absolute atomic E-state index is 0. The average Bonchev–Trinajstić information content (AvgIpc) is 2.18. The molecule has 72 valence electrons. The number of benzene rings is 1. The normalized spacial score (nSPS) is 9.60. The summed E-state index contributed by atoms with van der Waals surface area (Å²) in [5, 5.41) is 20.3. The number of hydrogen-bond acceptors (Lipinski definition) is 4. The van der Waals surface area contributed by atoms with Crippen LogP contribution in [0, 0.1) is 10.1 Å². The van der Waals surface area contributed by atoms with Gasteiger partial charge in [-0.2, -0.15) is 0 Å². The van der Waals surface area contributed by atoms with E-state index in [1.54, 1.807) is 0 Å². The Morgan fingerprint density at radius 3 is 2.60 bits per heavy atom. The van der Waals surface area contributed by atoms with E-state index < -0.39 is 10.7 Å². The molecule has 0 unspecified atom stereocenters. The van der Waals surface area contributed by atoms with Crippen LogP contribution in [0.2, 0.25) is 0 Å². The van der Waals surface area contributed by atoms with E-state index in [1.807, 2.05) is 0 Å². The second kappa shape index (κ2) is 6.34. The van der Waals surface area contributed by atoms with Crippen molar-refractivity contribution in [2.24, 2.45) is 0 Å². The molecule has 0 aliphatic rings. The molecule has 0 saturated heterocycles. The van der Waals surface area contributed by atoms with Crippen molar-refractivity contribution in [3.63, 3.8) is 0 Å². The molecule has 0 spiro atoms. The summed E-state index contributed by atoms with van der Waals surface area (Å²) in [5.41, 5.74) is -0.0403. The number of ketones is 1. The van der Waals surface area contributed by atoms with Crippen LogP contribution in [0.25, 0.3) is 0 Å². The minimum Gasteiger partial charge on any atom is -0.878 e. The molecular formula is C9H6NNaO4. The van der Waals surface area contributed by atoms with Crippen molar-refractivity contribution < 1.29 is 44.4 Å². The second-order valence-corrected chi connectivity index (χ2v) is 2.47. The van der Waals surface area contributed by atoms with Crippen LogP contribution in [0.1, 0.15) is 10.4 Å². The molecule has 0 aliphatic carbocycles. The van der Waals surface area contributed by atoms with E-state index >= 15 is 0 Å². The topological polar surface area (TPSA) is 83.3 Å². The molecule has 0 saturated carbocycles. The maximum atomic E-state index is 11.1. The average molecular weight is 215 g/mol. The van der Waals surface area contributed by atoms with Crippen LogP contribution in [-0.4, -0.2) is 10.7 Å². The minimum atomic E-state index is -0.600. The van der Waals surface area contributed by atoms with Gasteiger partial charge >= 0.3 is 29.6 Å². The molecule has 1 aromatic rings. The van der Waals surface area contributed by atoms with E-state index in [9.17, 15) is 20.0 Å². The van der Waals surface area contributed by atoms with Gasteiger partial charge < -0.3 is 5.11 Å². The summed E-state index contributed by atoms with van der Waals surface area (Å²) in [4.78, 5) is 20.9. The third-order valence-electron chi connectivity index (χ3n) is 1.56. The van der Waals surface area contributed by atoms with Crippen molar-refractivity contribution in [2.45, 2.75) is 0 Å². The van der Waals surface area contributed by atoms with E-state index in [4.69, 9.17) is 0 Å². The summed E-state index contributed by atoms with van der Waals surface area (Å²) in [6, 6.07) is 5.21. The molecule has 1 rings (SSSR count). The van der Waals surface area contributed by atoms with Crippen molar-refractivity contribution in [1.82, 2.24) is 0 Å².